The Labute approximate surface area is 106 Å². The summed E-state index contributed by atoms with van der Waals surface area (Å²) in [5.74, 6) is 0.534. The summed E-state index contributed by atoms with van der Waals surface area (Å²) < 4.78 is 5.67. The molecule has 0 bridgehead atoms. The summed E-state index contributed by atoms with van der Waals surface area (Å²) >= 11 is 4.87. The fraction of sp³-hybridized carbons (Fsp3) is 0.545. The first-order chi connectivity index (χ1) is 8.09. The summed E-state index contributed by atoms with van der Waals surface area (Å²) in [7, 11) is 0. The second kappa shape index (κ2) is 4.93. The zero-order valence-corrected chi connectivity index (χ0v) is 10.6. The van der Waals surface area contributed by atoms with Crippen LogP contribution in [-0.4, -0.2) is 33.7 Å². The molecule has 2 heterocycles. The molecule has 0 radical (unpaired) electrons. The van der Waals surface area contributed by atoms with E-state index in [-0.39, 0.29) is 10.6 Å². The quantitative estimate of drug-likeness (QED) is 0.782. The molecule has 92 valence electrons. The molecule has 1 aromatic rings. The molecular weight excluding hydrogens is 236 g/mol. The van der Waals surface area contributed by atoms with Crippen molar-refractivity contribution in [2.45, 2.75) is 25.4 Å². The first-order valence-electron chi connectivity index (χ1n) is 5.60. The predicted molar refractivity (Wildman–Crippen MR) is 70.0 cm³/mol. The van der Waals surface area contributed by atoms with E-state index in [0.29, 0.717) is 18.2 Å². The number of ether oxygens (including phenoxy) is 1. The number of aromatic nitrogens is 2. The van der Waals surface area contributed by atoms with E-state index in [1.54, 1.807) is 12.3 Å². The largest absolute Gasteiger partial charge is 0.388 e. The molecular formula is C11H16N4OS. The molecule has 17 heavy (non-hydrogen) atoms. The molecule has 1 fully saturated rings. The zero-order valence-electron chi connectivity index (χ0n) is 9.77. The van der Waals surface area contributed by atoms with E-state index in [0.717, 1.165) is 19.4 Å². The Morgan fingerprint density at radius 2 is 2.53 bits per heavy atom. The average Bonchev–Trinajstić information content (AvgIpc) is 2.75. The van der Waals surface area contributed by atoms with Crippen molar-refractivity contribution in [2.75, 3.05) is 18.5 Å². The Morgan fingerprint density at radius 1 is 1.71 bits per heavy atom. The van der Waals surface area contributed by atoms with Gasteiger partial charge in [0, 0.05) is 19.3 Å². The number of hydrogen-bond acceptors (Lipinski definition) is 5. The van der Waals surface area contributed by atoms with E-state index < -0.39 is 0 Å². The van der Waals surface area contributed by atoms with Crippen LogP contribution in [0.5, 0.6) is 0 Å². The lowest BCUT2D eigenvalue weighted by Crippen LogP contribution is -2.33. The summed E-state index contributed by atoms with van der Waals surface area (Å²) in [4.78, 5) is 8.62. The topological polar surface area (TPSA) is 73.1 Å². The maximum atomic E-state index is 5.67. The van der Waals surface area contributed by atoms with Crippen molar-refractivity contribution in [1.82, 2.24) is 9.97 Å². The minimum atomic E-state index is -0.122. The monoisotopic (exact) mass is 252 g/mol. The summed E-state index contributed by atoms with van der Waals surface area (Å²) in [5.41, 5.74) is 5.97. The molecule has 0 aliphatic carbocycles. The highest BCUT2D eigenvalue weighted by Crippen LogP contribution is 2.24. The number of nitrogens with one attached hydrogen (secondary N) is 1. The van der Waals surface area contributed by atoms with Gasteiger partial charge in [0.25, 0.3) is 0 Å². The van der Waals surface area contributed by atoms with Crippen LogP contribution in [-0.2, 0) is 4.74 Å². The van der Waals surface area contributed by atoms with Gasteiger partial charge < -0.3 is 15.8 Å². The molecule has 3 N–H and O–H groups in total. The van der Waals surface area contributed by atoms with E-state index in [1.807, 2.05) is 0 Å². The van der Waals surface area contributed by atoms with Crippen molar-refractivity contribution >= 4 is 23.2 Å². The van der Waals surface area contributed by atoms with Crippen LogP contribution in [0, 0.1) is 0 Å². The smallest absolute Gasteiger partial charge is 0.223 e. The lowest BCUT2D eigenvalue weighted by molar-refractivity contribution is 0.0314. The third-order valence-corrected chi connectivity index (χ3v) is 3.04. The summed E-state index contributed by atoms with van der Waals surface area (Å²) in [6, 6.07) is 1.70. The lowest BCUT2D eigenvalue weighted by Gasteiger charge is -2.23. The van der Waals surface area contributed by atoms with Crippen molar-refractivity contribution in [3.8, 4) is 0 Å². The van der Waals surface area contributed by atoms with Crippen molar-refractivity contribution in [2.24, 2.45) is 5.73 Å². The fourth-order valence-corrected chi connectivity index (χ4v) is 1.94. The maximum Gasteiger partial charge on any atom is 0.223 e. The molecule has 0 spiro atoms. The van der Waals surface area contributed by atoms with Crippen molar-refractivity contribution < 1.29 is 4.74 Å². The van der Waals surface area contributed by atoms with Gasteiger partial charge in [0.05, 0.1) is 5.60 Å². The highest BCUT2D eigenvalue weighted by atomic mass is 32.1. The Hall–Kier alpha value is -1.27. The van der Waals surface area contributed by atoms with Crippen LogP contribution >= 0.6 is 12.2 Å². The molecule has 1 aromatic heterocycles. The van der Waals surface area contributed by atoms with Crippen LogP contribution in [0.4, 0.5) is 5.95 Å². The summed E-state index contributed by atoms with van der Waals surface area (Å²) in [6.45, 7) is 3.60. The first-order valence-corrected chi connectivity index (χ1v) is 6.01. The van der Waals surface area contributed by atoms with Crippen LogP contribution in [0.1, 0.15) is 25.5 Å². The second-order valence-electron chi connectivity index (χ2n) is 4.39. The highest BCUT2D eigenvalue weighted by Gasteiger charge is 2.29. The van der Waals surface area contributed by atoms with Gasteiger partial charge >= 0.3 is 0 Å². The lowest BCUT2D eigenvalue weighted by atomic mass is 10.0. The van der Waals surface area contributed by atoms with E-state index in [9.17, 15) is 0 Å². The molecule has 1 saturated heterocycles. The van der Waals surface area contributed by atoms with E-state index in [4.69, 9.17) is 22.7 Å². The van der Waals surface area contributed by atoms with Gasteiger partial charge in [-0.15, -0.1) is 0 Å². The number of rotatable bonds is 4. The van der Waals surface area contributed by atoms with Crippen LogP contribution in [0.2, 0.25) is 0 Å². The van der Waals surface area contributed by atoms with E-state index in [2.05, 4.69) is 22.2 Å². The highest BCUT2D eigenvalue weighted by molar-refractivity contribution is 7.80. The Morgan fingerprint density at radius 3 is 3.18 bits per heavy atom. The molecule has 5 nitrogen and oxygen atoms in total. The SMILES string of the molecule is CC1(CNc2nccc(C(N)=S)n2)CCCO1. The van der Waals surface area contributed by atoms with Crippen LogP contribution in [0.3, 0.4) is 0 Å². The van der Waals surface area contributed by atoms with Crippen molar-refractivity contribution in [1.29, 1.82) is 0 Å². The predicted octanol–water partition coefficient (Wildman–Crippen LogP) is 1.09. The molecule has 1 aliphatic heterocycles. The van der Waals surface area contributed by atoms with E-state index >= 15 is 0 Å². The minimum absolute atomic E-state index is 0.122. The molecule has 6 heteroatoms. The minimum Gasteiger partial charge on any atom is -0.388 e. The van der Waals surface area contributed by atoms with Crippen LogP contribution < -0.4 is 11.1 Å². The molecule has 2 rings (SSSR count). The van der Waals surface area contributed by atoms with Gasteiger partial charge in [0.2, 0.25) is 5.95 Å². The standard InChI is InChI=1S/C11H16N4OS/c1-11(4-2-6-16-11)7-14-10-13-5-3-8(15-10)9(12)17/h3,5H,2,4,6-7H2,1H3,(H2,12,17)(H,13,14,15). The zero-order chi connectivity index (χ0) is 12.3. The van der Waals surface area contributed by atoms with Gasteiger partial charge in [-0.2, -0.15) is 0 Å². The molecule has 0 amide bonds. The number of nitrogens with zero attached hydrogens (tertiary/aromatic N) is 2. The number of thiocarbonyl (C=S) groups is 1. The Balaban J connectivity index is 1.99. The fourth-order valence-electron chi connectivity index (χ4n) is 1.82. The maximum absolute atomic E-state index is 5.67. The van der Waals surface area contributed by atoms with Crippen LogP contribution in [0.15, 0.2) is 12.3 Å². The second-order valence-corrected chi connectivity index (χ2v) is 4.83. The van der Waals surface area contributed by atoms with Gasteiger partial charge in [0.1, 0.15) is 10.7 Å². The summed E-state index contributed by atoms with van der Waals surface area (Å²) in [5, 5.41) is 3.16. The van der Waals surface area contributed by atoms with Crippen molar-refractivity contribution in [3.05, 3.63) is 18.0 Å². The van der Waals surface area contributed by atoms with E-state index in [1.165, 1.54) is 0 Å². The van der Waals surface area contributed by atoms with Gasteiger partial charge in [-0.25, -0.2) is 9.97 Å². The molecule has 1 aliphatic rings. The van der Waals surface area contributed by atoms with Gasteiger partial charge in [-0.3, -0.25) is 0 Å². The van der Waals surface area contributed by atoms with Gasteiger partial charge in [-0.05, 0) is 25.8 Å². The number of nitrogens with two attached hydrogens (primary N) is 1. The van der Waals surface area contributed by atoms with Gasteiger partial charge in [0.15, 0.2) is 0 Å². The molecule has 1 unspecified atom stereocenters. The summed E-state index contributed by atoms with van der Waals surface area (Å²) in [6.07, 6.45) is 3.79. The average molecular weight is 252 g/mol. The third-order valence-electron chi connectivity index (χ3n) is 2.83. The Kier molecular flexibility index (Phi) is 3.54. The van der Waals surface area contributed by atoms with Gasteiger partial charge in [-0.1, -0.05) is 12.2 Å². The number of anilines is 1. The Bertz CT molecular complexity index is 418. The first kappa shape index (κ1) is 12.2. The third kappa shape index (κ3) is 3.10. The van der Waals surface area contributed by atoms with Crippen LogP contribution in [0.25, 0.3) is 0 Å². The van der Waals surface area contributed by atoms with Crippen molar-refractivity contribution in [3.63, 3.8) is 0 Å². The number of hydrogen-bond donors (Lipinski definition) is 2. The molecule has 0 saturated carbocycles. The normalized spacial score (nSPS) is 23.6. The molecule has 1 atom stereocenters. The molecule has 0 aromatic carbocycles.